The first-order valence-electron chi connectivity index (χ1n) is 12.0. The number of fused-ring (bicyclic) bond motifs is 2. The van der Waals surface area contributed by atoms with Gasteiger partial charge >= 0.3 is 6.09 Å². The molecule has 1 aliphatic rings. The minimum atomic E-state index is -0.989. The van der Waals surface area contributed by atoms with E-state index in [2.05, 4.69) is 44.8 Å². The Hall–Kier alpha value is -2.87. The van der Waals surface area contributed by atoms with E-state index in [1.807, 2.05) is 51.2 Å². The lowest BCUT2D eigenvalue weighted by Gasteiger charge is -2.30. The highest BCUT2D eigenvalue weighted by Crippen LogP contribution is 2.21. The monoisotopic (exact) mass is 464 g/mol. The maximum Gasteiger partial charge on any atom is 0.407 e. The van der Waals surface area contributed by atoms with E-state index in [0.29, 0.717) is 13.0 Å². The summed E-state index contributed by atoms with van der Waals surface area (Å²) in [6.07, 6.45) is 1.09. The fraction of sp³-hybridized carbons (Fsp3) is 0.444. The molecule has 0 saturated carbocycles. The summed E-state index contributed by atoms with van der Waals surface area (Å²) >= 11 is 0. The van der Waals surface area contributed by atoms with Crippen LogP contribution in [0.4, 0.5) is 4.79 Å². The smallest absolute Gasteiger partial charge is 0.407 e. The average molecular weight is 465 g/mol. The molecule has 2 heterocycles. The van der Waals surface area contributed by atoms with Gasteiger partial charge in [0.05, 0.1) is 0 Å². The number of amides is 1. The maximum absolute atomic E-state index is 12.5. The van der Waals surface area contributed by atoms with Gasteiger partial charge in [0, 0.05) is 55.2 Å². The van der Waals surface area contributed by atoms with Gasteiger partial charge < -0.3 is 20.1 Å². The van der Waals surface area contributed by atoms with Crippen molar-refractivity contribution in [1.82, 2.24) is 20.5 Å². The molecule has 7 heteroatoms. The number of rotatable bonds is 8. The van der Waals surface area contributed by atoms with Crippen molar-refractivity contribution in [2.45, 2.75) is 58.0 Å². The number of ether oxygens (including phenoxy) is 1. The predicted octanol–water partition coefficient (Wildman–Crippen LogP) is 3.57. The summed E-state index contributed by atoms with van der Waals surface area (Å²) in [5.41, 5.74) is 4.38. The van der Waals surface area contributed by atoms with Gasteiger partial charge in [0.25, 0.3) is 0 Å². The van der Waals surface area contributed by atoms with Gasteiger partial charge in [-0.05, 0) is 49.9 Å². The Labute approximate surface area is 201 Å². The molecule has 4 N–H and O–H groups in total. The lowest BCUT2D eigenvalue weighted by molar-refractivity contribution is -0.0166. The molecule has 1 amide bonds. The molecule has 0 saturated heterocycles. The highest BCUT2D eigenvalue weighted by atomic mass is 16.6. The molecule has 0 fully saturated rings. The second-order valence-corrected chi connectivity index (χ2v) is 10.1. The van der Waals surface area contributed by atoms with Crippen LogP contribution in [0, 0.1) is 0 Å². The van der Waals surface area contributed by atoms with Gasteiger partial charge in [0.2, 0.25) is 0 Å². The first-order valence-corrected chi connectivity index (χ1v) is 12.0. The molecule has 182 valence electrons. The molecule has 2 unspecified atom stereocenters. The molecule has 0 spiro atoms. The van der Waals surface area contributed by atoms with E-state index in [-0.39, 0.29) is 0 Å². The normalized spacial score (nSPS) is 16.1. The molecular weight excluding hydrogens is 428 g/mol. The van der Waals surface area contributed by atoms with Gasteiger partial charge in [-0.3, -0.25) is 10.2 Å². The van der Waals surface area contributed by atoms with Crippen LogP contribution in [0.1, 0.15) is 37.5 Å². The van der Waals surface area contributed by atoms with E-state index in [9.17, 15) is 9.90 Å². The number of carbonyl (C=O) groups is 1. The summed E-state index contributed by atoms with van der Waals surface area (Å²) in [4.78, 5) is 18.1. The number of hydrogen-bond acceptors (Lipinski definition) is 5. The van der Waals surface area contributed by atoms with E-state index in [1.54, 1.807) is 0 Å². The number of para-hydroxylation sites is 1. The number of aliphatic hydroxyl groups is 1. The Balaban J connectivity index is 1.38. The SMILES string of the molecule is CC(C)(C)NC(=O)OC(Cc1c[nH]c2ccccc12)C(O)NCCN1CCc2ccccc2C1. The summed E-state index contributed by atoms with van der Waals surface area (Å²) in [5, 5.41) is 18.0. The summed E-state index contributed by atoms with van der Waals surface area (Å²) in [5.74, 6) is 0. The lowest BCUT2D eigenvalue weighted by Crippen LogP contribution is -2.49. The van der Waals surface area contributed by atoms with E-state index in [1.165, 1.54) is 11.1 Å². The number of benzene rings is 2. The van der Waals surface area contributed by atoms with Crippen molar-refractivity contribution in [3.63, 3.8) is 0 Å². The minimum Gasteiger partial charge on any atom is -0.442 e. The standard InChI is InChI=1S/C27H36N4O3/c1-27(2,3)30-26(33)34-24(16-21-17-29-23-11-7-6-10-22(21)23)25(32)28-13-15-31-14-12-19-8-4-5-9-20(19)18-31/h4-11,17,24-25,28-29,32H,12-16,18H2,1-3H3,(H,30,33). The number of H-pyrrole nitrogens is 1. The van der Waals surface area contributed by atoms with Crippen molar-refractivity contribution < 1.29 is 14.6 Å². The number of hydrogen-bond donors (Lipinski definition) is 4. The van der Waals surface area contributed by atoms with Crippen LogP contribution in [0.3, 0.4) is 0 Å². The van der Waals surface area contributed by atoms with Crippen LogP contribution < -0.4 is 10.6 Å². The van der Waals surface area contributed by atoms with E-state index in [4.69, 9.17) is 4.74 Å². The molecular formula is C27H36N4O3. The first-order chi connectivity index (χ1) is 16.3. The summed E-state index contributed by atoms with van der Waals surface area (Å²) in [6, 6.07) is 16.5. The average Bonchev–Trinajstić information content (AvgIpc) is 3.20. The highest BCUT2D eigenvalue weighted by molar-refractivity contribution is 5.83. The quantitative estimate of drug-likeness (QED) is 0.383. The van der Waals surface area contributed by atoms with Gasteiger partial charge in [-0.25, -0.2) is 4.79 Å². The van der Waals surface area contributed by atoms with E-state index in [0.717, 1.165) is 42.5 Å². The third-order valence-corrected chi connectivity index (χ3v) is 6.17. The molecule has 7 nitrogen and oxygen atoms in total. The largest absolute Gasteiger partial charge is 0.442 e. The van der Waals surface area contributed by atoms with Crippen LogP contribution in [0.2, 0.25) is 0 Å². The molecule has 34 heavy (non-hydrogen) atoms. The molecule has 4 rings (SSSR count). The number of nitrogens with zero attached hydrogens (tertiary/aromatic N) is 1. The summed E-state index contributed by atoms with van der Waals surface area (Å²) in [6.45, 7) is 9.00. The van der Waals surface area contributed by atoms with Crippen LogP contribution >= 0.6 is 0 Å². The Morgan fingerprint density at radius 3 is 2.68 bits per heavy atom. The van der Waals surface area contributed by atoms with E-state index < -0.39 is 24.0 Å². The zero-order chi connectivity index (χ0) is 24.1. The molecule has 1 aliphatic heterocycles. The van der Waals surface area contributed by atoms with Gasteiger partial charge in [-0.2, -0.15) is 0 Å². The number of aromatic nitrogens is 1. The number of nitrogens with one attached hydrogen (secondary N) is 3. The summed E-state index contributed by atoms with van der Waals surface area (Å²) < 4.78 is 5.71. The van der Waals surface area contributed by atoms with Gasteiger partial charge in [-0.15, -0.1) is 0 Å². The van der Waals surface area contributed by atoms with Crippen LogP contribution in [0.5, 0.6) is 0 Å². The third kappa shape index (κ3) is 6.38. The second-order valence-electron chi connectivity index (χ2n) is 10.1. The maximum atomic E-state index is 12.5. The van der Waals surface area contributed by atoms with Crippen molar-refractivity contribution in [3.05, 3.63) is 71.4 Å². The van der Waals surface area contributed by atoms with Crippen molar-refractivity contribution in [1.29, 1.82) is 0 Å². The fourth-order valence-electron chi connectivity index (χ4n) is 4.46. The number of alkyl carbamates (subject to hydrolysis) is 1. The van der Waals surface area contributed by atoms with Crippen LogP contribution in [-0.2, 0) is 24.1 Å². The Kier molecular flexibility index (Phi) is 7.56. The third-order valence-electron chi connectivity index (χ3n) is 6.17. The molecule has 0 radical (unpaired) electrons. The van der Waals surface area contributed by atoms with Gasteiger partial charge in [0.15, 0.2) is 0 Å². The van der Waals surface area contributed by atoms with Crippen molar-refractivity contribution >= 4 is 17.0 Å². The first kappa shape index (κ1) is 24.3. The Morgan fingerprint density at radius 1 is 1.15 bits per heavy atom. The predicted molar refractivity (Wildman–Crippen MR) is 135 cm³/mol. The zero-order valence-corrected chi connectivity index (χ0v) is 20.3. The fourth-order valence-corrected chi connectivity index (χ4v) is 4.46. The molecule has 0 bridgehead atoms. The van der Waals surface area contributed by atoms with E-state index >= 15 is 0 Å². The highest BCUT2D eigenvalue weighted by Gasteiger charge is 2.27. The number of aliphatic hydroxyl groups excluding tert-OH is 1. The molecule has 2 aromatic carbocycles. The lowest BCUT2D eigenvalue weighted by atomic mass is 10.00. The summed E-state index contributed by atoms with van der Waals surface area (Å²) in [7, 11) is 0. The Morgan fingerprint density at radius 2 is 1.88 bits per heavy atom. The second kappa shape index (κ2) is 10.6. The Bertz CT molecular complexity index is 1100. The molecule has 1 aromatic heterocycles. The topological polar surface area (TPSA) is 89.6 Å². The molecule has 3 aromatic rings. The zero-order valence-electron chi connectivity index (χ0n) is 20.3. The van der Waals surface area contributed by atoms with Crippen LogP contribution in [-0.4, -0.2) is 58.6 Å². The van der Waals surface area contributed by atoms with Crippen molar-refractivity contribution in [3.8, 4) is 0 Å². The number of carbonyl (C=O) groups excluding carboxylic acids is 1. The van der Waals surface area contributed by atoms with Crippen molar-refractivity contribution in [2.24, 2.45) is 0 Å². The molecule has 0 aliphatic carbocycles. The van der Waals surface area contributed by atoms with Crippen LogP contribution in [0.25, 0.3) is 10.9 Å². The van der Waals surface area contributed by atoms with Crippen molar-refractivity contribution in [2.75, 3.05) is 19.6 Å². The van der Waals surface area contributed by atoms with Gasteiger partial charge in [-0.1, -0.05) is 42.5 Å². The van der Waals surface area contributed by atoms with Crippen LogP contribution in [0.15, 0.2) is 54.7 Å². The molecule has 2 atom stereocenters. The minimum absolute atomic E-state index is 0.396. The van der Waals surface area contributed by atoms with Gasteiger partial charge in [0.1, 0.15) is 12.3 Å². The number of aromatic amines is 1.